The van der Waals surface area contributed by atoms with Crippen LogP contribution in [0, 0.1) is 18.6 Å². The van der Waals surface area contributed by atoms with Crippen LogP contribution in [0.15, 0.2) is 12.1 Å². The normalized spacial score (nSPS) is 11.6. The fourth-order valence-corrected chi connectivity index (χ4v) is 2.20. The highest BCUT2D eigenvalue weighted by Gasteiger charge is 2.19. The zero-order chi connectivity index (χ0) is 13.9. The molecule has 1 rings (SSSR count). The molecule has 0 aliphatic heterocycles. The largest absolute Gasteiger partial charge is 0.294 e. The molecule has 1 aromatic rings. The van der Waals surface area contributed by atoms with Crippen LogP contribution in [0.1, 0.15) is 28.8 Å². The molecule has 0 heterocycles. The van der Waals surface area contributed by atoms with Crippen molar-refractivity contribution in [2.24, 2.45) is 0 Å². The van der Waals surface area contributed by atoms with Gasteiger partial charge in [-0.05, 0) is 25.0 Å². The first-order chi connectivity index (χ1) is 8.22. The Morgan fingerprint density at radius 3 is 2.44 bits per heavy atom. The summed E-state index contributed by atoms with van der Waals surface area (Å²) in [5, 5.41) is 0. The second kappa shape index (κ2) is 5.56. The minimum Gasteiger partial charge on any atom is -0.294 e. The number of rotatable bonds is 5. The van der Waals surface area contributed by atoms with Crippen molar-refractivity contribution >= 4 is 15.6 Å². The van der Waals surface area contributed by atoms with E-state index < -0.39 is 32.8 Å². The smallest absolute Gasteiger partial charge is 0.168 e. The molecule has 18 heavy (non-hydrogen) atoms. The minimum absolute atomic E-state index is 0.0600. The number of Topliss-reactive ketones (excluding diaryl/α,β-unsaturated/α-hetero) is 1. The van der Waals surface area contributed by atoms with Gasteiger partial charge in [0, 0.05) is 12.7 Å². The number of hydrogen-bond donors (Lipinski definition) is 0. The summed E-state index contributed by atoms with van der Waals surface area (Å²) in [6, 6.07) is 2.28. The van der Waals surface area contributed by atoms with Gasteiger partial charge in [-0.3, -0.25) is 4.79 Å². The molecule has 0 atom stereocenters. The van der Waals surface area contributed by atoms with E-state index in [1.807, 2.05) is 0 Å². The first kappa shape index (κ1) is 14.8. The number of ketones is 1. The quantitative estimate of drug-likeness (QED) is 0.775. The summed E-state index contributed by atoms with van der Waals surface area (Å²) in [5.41, 5.74) is -0.397. The number of halogens is 2. The van der Waals surface area contributed by atoms with E-state index in [4.69, 9.17) is 0 Å². The molecule has 0 saturated heterocycles. The van der Waals surface area contributed by atoms with E-state index in [0.29, 0.717) is 0 Å². The van der Waals surface area contributed by atoms with Gasteiger partial charge in [-0.25, -0.2) is 17.2 Å². The van der Waals surface area contributed by atoms with E-state index in [-0.39, 0.29) is 24.2 Å². The molecule has 0 fully saturated rings. The Kier molecular flexibility index (Phi) is 4.56. The lowest BCUT2D eigenvalue weighted by Gasteiger charge is -2.06. The van der Waals surface area contributed by atoms with Crippen LogP contribution in [0.5, 0.6) is 0 Å². The maximum atomic E-state index is 13.6. The highest BCUT2D eigenvalue weighted by Crippen LogP contribution is 2.18. The van der Waals surface area contributed by atoms with E-state index >= 15 is 0 Å². The maximum Gasteiger partial charge on any atom is 0.168 e. The lowest BCUT2D eigenvalue weighted by Crippen LogP contribution is -2.10. The molecule has 0 spiro atoms. The molecule has 0 amide bonds. The van der Waals surface area contributed by atoms with E-state index in [0.717, 1.165) is 12.3 Å². The summed E-state index contributed by atoms with van der Waals surface area (Å²) < 4.78 is 48.7. The Hall–Kier alpha value is -1.30. The zero-order valence-electron chi connectivity index (χ0n) is 10.2. The van der Waals surface area contributed by atoms with Crippen molar-refractivity contribution in [3.63, 3.8) is 0 Å². The first-order valence-electron chi connectivity index (χ1n) is 5.38. The molecule has 0 aliphatic carbocycles. The lowest BCUT2D eigenvalue weighted by atomic mass is 10.0. The second-order valence-corrected chi connectivity index (χ2v) is 6.47. The van der Waals surface area contributed by atoms with Crippen molar-refractivity contribution in [1.29, 1.82) is 0 Å². The molecular weight excluding hydrogens is 262 g/mol. The van der Waals surface area contributed by atoms with E-state index in [1.54, 1.807) is 0 Å². The number of carbonyl (C=O) groups excluding carboxylic acids is 1. The number of carbonyl (C=O) groups is 1. The topological polar surface area (TPSA) is 51.2 Å². The van der Waals surface area contributed by atoms with Crippen LogP contribution in [-0.4, -0.2) is 26.2 Å². The Morgan fingerprint density at radius 1 is 1.28 bits per heavy atom. The molecule has 0 aliphatic rings. The van der Waals surface area contributed by atoms with Gasteiger partial charge in [-0.1, -0.05) is 6.07 Å². The molecule has 0 radical (unpaired) electrons. The van der Waals surface area contributed by atoms with Gasteiger partial charge in [-0.2, -0.15) is 0 Å². The summed E-state index contributed by atoms with van der Waals surface area (Å²) in [7, 11) is -3.17. The number of hydrogen-bond acceptors (Lipinski definition) is 3. The third-order valence-electron chi connectivity index (χ3n) is 2.48. The fraction of sp³-hybridized carbons (Fsp3) is 0.417. The van der Waals surface area contributed by atoms with Gasteiger partial charge in [0.2, 0.25) is 0 Å². The minimum atomic E-state index is -3.17. The van der Waals surface area contributed by atoms with Gasteiger partial charge in [0.1, 0.15) is 21.5 Å². The van der Waals surface area contributed by atoms with Crippen LogP contribution < -0.4 is 0 Å². The molecule has 100 valence electrons. The van der Waals surface area contributed by atoms with Crippen molar-refractivity contribution in [2.75, 3.05) is 12.0 Å². The number of aryl methyl sites for hydroxylation is 1. The average Bonchev–Trinajstić information content (AvgIpc) is 2.22. The summed E-state index contributed by atoms with van der Waals surface area (Å²) in [6.45, 7) is 1.43. The Bertz CT molecular complexity index is 565. The third kappa shape index (κ3) is 3.87. The molecule has 0 N–H and O–H groups in total. The maximum absolute atomic E-state index is 13.6. The van der Waals surface area contributed by atoms with Crippen LogP contribution in [0.25, 0.3) is 0 Å². The summed E-state index contributed by atoms with van der Waals surface area (Å²) in [6.07, 6.45) is 0.917. The highest BCUT2D eigenvalue weighted by molar-refractivity contribution is 7.90. The summed E-state index contributed by atoms with van der Waals surface area (Å²) >= 11 is 0. The van der Waals surface area contributed by atoms with Crippen molar-refractivity contribution in [3.05, 3.63) is 34.9 Å². The van der Waals surface area contributed by atoms with Gasteiger partial charge in [0.05, 0.1) is 11.3 Å². The van der Waals surface area contributed by atoms with E-state index in [1.165, 1.54) is 13.0 Å². The molecule has 6 heteroatoms. The SMILES string of the molecule is Cc1ccc(F)c(C(=O)CCCS(C)(=O)=O)c1F. The molecule has 0 saturated carbocycles. The van der Waals surface area contributed by atoms with Crippen LogP contribution in [-0.2, 0) is 9.84 Å². The first-order valence-corrected chi connectivity index (χ1v) is 7.44. The molecule has 0 bridgehead atoms. The fourth-order valence-electron chi connectivity index (χ4n) is 1.53. The van der Waals surface area contributed by atoms with E-state index in [9.17, 15) is 22.0 Å². The second-order valence-electron chi connectivity index (χ2n) is 4.21. The van der Waals surface area contributed by atoms with Crippen molar-refractivity contribution in [1.82, 2.24) is 0 Å². The molecule has 3 nitrogen and oxygen atoms in total. The standard InChI is InChI=1S/C12H14F2O3S/c1-8-5-6-9(13)11(12(8)14)10(15)4-3-7-18(2,16)17/h5-6H,3-4,7H2,1-2H3. The molecular formula is C12H14F2O3S. The van der Waals surface area contributed by atoms with Crippen LogP contribution in [0.4, 0.5) is 8.78 Å². The molecule has 0 aromatic heterocycles. The van der Waals surface area contributed by atoms with Gasteiger partial charge in [0.25, 0.3) is 0 Å². The predicted octanol–water partition coefficient (Wildman–Crippen LogP) is 2.28. The van der Waals surface area contributed by atoms with Gasteiger partial charge >= 0.3 is 0 Å². The van der Waals surface area contributed by atoms with Crippen molar-refractivity contribution < 1.29 is 22.0 Å². The van der Waals surface area contributed by atoms with Crippen LogP contribution in [0.3, 0.4) is 0 Å². The van der Waals surface area contributed by atoms with E-state index in [2.05, 4.69) is 0 Å². The van der Waals surface area contributed by atoms with Crippen molar-refractivity contribution in [3.8, 4) is 0 Å². The van der Waals surface area contributed by atoms with Crippen molar-refractivity contribution in [2.45, 2.75) is 19.8 Å². The number of benzene rings is 1. The van der Waals surface area contributed by atoms with Crippen LogP contribution in [0.2, 0.25) is 0 Å². The van der Waals surface area contributed by atoms with Crippen LogP contribution >= 0.6 is 0 Å². The summed E-state index contributed by atoms with van der Waals surface area (Å²) in [5.74, 6) is -2.67. The molecule has 1 aromatic carbocycles. The lowest BCUT2D eigenvalue weighted by molar-refractivity contribution is 0.0973. The Balaban J connectivity index is 2.82. The Labute approximate surface area is 105 Å². The van der Waals surface area contributed by atoms with Gasteiger partial charge < -0.3 is 0 Å². The predicted molar refractivity (Wildman–Crippen MR) is 64.4 cm³/mol. The highest BCUT2D eigenvalue weighted by atomic mass is 32.2. The third-order valence-corrected chi connectivity index (χ3v) is 3.51. The monoisotopic (exact) mass is 276 g/mol. The summed E-state index contributed by atoms with van der Waals surface area (Å²) in [4.78, 5) is 11.6. The Morgan fingerprint density at radius 2 is 1.89 bits per heavy atom. The average molecular weight is 276 g/mol. The van der Waals surface area contributed by atoms with Gasteiger partial charge in [0.15, 0.2) is 5.78 Å². The molecule has 0 unspecified atom stereocenters. The zero-order valence-corrected chi connectivity index (χ0v) is 11.0. The number of sulfone groups is 1. The van der Waals surface area contributed by atoms with Gasteiger partial charge in [-0.15, -0.1) is 0 Å².